The molecule has 0 atom stereocenters. The molecule has 6 nitrogen and oxygen atoms in total. The topological polar surface area (TPSA) is 93.5 Å². The molecular formula is C21H16N4O2. The van der Waals surface area contributed by atoms with Crippen molar-refractivity contribution in [2.45, 2.75) is 0 Å². The van der Waals surface area contributed by atoms with Gasteiger partial charge in [-0.3, -0.25) is 4.79 Å². The van der Waals surface area contributed by atoms with Gasteiger partial charge in [-0.05, 0) is 58.3 Å². The highest BCUT2D eigenvalue weighted by Gasteiger charge is 2.13. The number of carbonyl (C=O) groups excluding carboxylic acids is 1. The molecule has 27 heavy (non-hydrogen) atoms. The SMILES string of the molecule is NN=Cc1ccc2cc(C(=O)Nc3ccccn3)cc(-c3ccoc3)c2c1. The largest absolute Gasteiger partial charge is 0.472 e. The van der Waals surface area contributed by atoms with Crippen molar-refractivity contribution in [3.05, 3.63) is 84.4 Å². The fourth-order valence-electron chi connectivity index (χ4n) is 2.95. The molecule has 0 saturated carbocycles. The standard InChI is InChI=1S/C21H16N4O2/c22-24-12-14-4-5-15-10-17(21(26)25-20-3-1-2-7-23-20)11-19(18(15)9-14)16-6-8-27-13-16/h1-13H,22H2,(H,23,25,26). The molecule has 6 heteroatoms. The van der Waals surface area contributed by atoms with Gasteiger partial charge >= 0.3 is 0 Å². The second kappa shape index (κ2) is 7.13. The highest BCUT2D eigenvalue weighted by molar-refractivity contribution is 6.09. The minimum Gasteiger partial charge on any atom is -0.472 e. The second-order valence-electron chi connectivity index (χ2n) is 5.96. The maximum atomic E-state index is 12.7. The van der Waals surface area contributed by atoms with Gasteiger partial charge in [-0.25, -0.2) is 4.98 Å². The van der Waals surface area contributed by atoms with Crippen molar-refractivity contribution in [1.82, 2.24) is 4.98 Å². The van der Waals surface area contributed by atoms with Crippen LogP contribution in [0.15, 0.2) is 82.8 Å². The number of pyridine rings is 1. The summed E-state index contributed by atoms with van der Waals surface area (Å²) in [4.78, 5) is 16.9. The van der Waals surface area contributed by atoms with Crippen LogP contribution in [0.1, 0.15) is 15.9 Å². The van der Waals surface area contributed by atoms with Gasteiger partial charge < -0.3 is 15.6 Å². The van der Waals surface area contributed by atoms with E-state index in [-0.39, 0.29) is 5.91 Å². The Morgan fingerprint density at radius 1 is 1.15 bits per heavy atom. The van der Waals surface area contributed by atoms with E-state index in [1.165, 1.54) is 0 Å². The lowest BCUT2D eigenvalue weighted by Crippen LogP contribution is -2.13. The van der Waals surface area contributed by atoms with E-state index >= 15 is 0 Å². The molecule has 0 aliphatic rings. The maximum Gasteiger partial charge on any atom is 0.256 e. The van der Waals surface area contributed by atoms with Crippen molar-refractivity contribution in [1.29, 1.82) is 0 Å². The van der Waals surface area contributed by atoms with Gasteiger partial charge in [-0.1, -0.05) is 18.2 Å². The van der Waals surface area contributed by atoms with Gasteiger partial charge in [0.15, 0.2) is 0 Å². The van der Waals surface area contributed by atoms with E-state index in [0.29, 0.717) is 11.4 Å². The van der Waals surface area contributed by atoms with Crippen molar-refractivity contribution in [3.8, 4) is 11.1 Å². The molecule has 132 valence electrons. The minimum absolute atomic E-state index is 0.229. The molecule has 0 aliphatic carbocycles. The maximum absolute atomic E-state index is 12.7. The number of hydrazone groups is 1. The molecule has 0 spiro atoms. The molecule has 4 rings (SSSR count). The Hall–Kier alpha value is -3.93. The van der Waals surface area contributed by atoms with Crippen LogP contribution in [0.2, 0.25) is 0 Å². The van der Waals surface area contributed by atoms with Crippen LogP contribution in [0.25, 0.3) is 21.9 Å². The van der Waals surface area contributed by atoms with Crippen LogP contribution in [0.3, 0.4) is 0 Å². The van der Waals surface area contributed by atoms with E-state index in [1.54, 1.807) is 37.1 Å². The first kappa shape index (κ1) is 16.5. The number of rotatable bonds is 4. The molecule has 0 aliphatic heterocycles. The Balaban J connectivity index is 1.83. The van der Waals surface area contributed by atoms with Crippen molar-refractivity contribution in [3.63, 3.8) is 0 Å². The summed E-state index contributed by atoms with van der Waals surface area (Å²) in [6.07, 6.45) is 6.47. The Bertz CT molecular complexity index is 1120. The number of furan rings is 1. The minimum atomic E-state index is -0.229. The van der Waals surface area contributed by atoms with Crippen LogP contribution >= 0.6 is 0 Å². The number of aromatic nitrogens is 1. The lowest BCUT2D eigenvalue weighted by molar-refractivity contribution is 0.102. The quantitative estimate of drug-likeness (QED) is 0.328. The van der Waals surface area contributed by atoms with Gasteiger partial charge in [0.05, 0.1) is 18.7 Å². The Labute approximate surface area is 155 Å². The number of hydrogen-bond acceptors (Lipinski definition) is 5. The summed E-state index contributed by atoms with van der Waals surface area (Å²) < 4.78 is 5.23. The van der Waals surface area contributed by atoms with E-state index in [4.69, 9.17) is 10.3 Å². The molecule has 0 fully saturated rings. The average molecular weight is 356 g/mol. The van der Waals surface area contributed by atoms with Crippen LogP contribution in [-0.4, -0.2) is 17.1 Å². The third kappa shape index (κ3) is 3.41. The number of benzene rings is 2. The van der Waals surface area contributed by atoms with Gasteiger partial charge in [0.2, 0.25) is 0 Å². The Morgan fingerprint density at radius 3 is 2.81 bits per heavy atom. The number of anilines is 1. The molecule has 4 aromatic rings. The summed E-state index contributed by atoms with van der Waals surface area (Å²) >= 11 is 0. The van der Waals surface area contributed by atoms with Crippen LogP contribution in [0.4, 0.5) is 5.82 Å². The van der Waals surface area contributed by atoms with Gasteiger partial charge in [0.25, 0.3) is 5.91 Å². The molecule has 2 aromatic heterocycles. The fourth-order valence-corrected chi connectivity index (χ4v) is 2.95. The Morgan fingerprint density at radius 2 is 2.07 bits per heavy atom. The summed E-state index contributed by atoms with van der Waals surface area (Å²) in [5, 5.41) is 8.30. The van der Waals surface area contributed by atoms with Crippen LogP contribution < -0.4 is 11.2 Å². The monoisotopic (exact) mass is 356 g/mol. The fraction of sp³-hybridized carbons (Fsp3) is 0. The molecule has 0 radical (unpaired) electrons. The molecule has 1 amide bonds. The third-order valence-corrected chi connectivity index (χ3v) is 4.20. The Kier molecular flexibility index (Phi) is 4.37. The summed E-state index contributed by atoms with van der Waals surface area (Å²) in [5.74, 6) is 5.54. The lowest BCUT2D eigenvalue weighted by Gasteiger charge is -2.10. The molecule has 0 unspecified atom stereocenters. The number of hydrogen-bond donors (Lipinski definition) is 2. The number of fused-ring (bicyclic) bond motifs is 1. The summed E-state index contributed by atoms with van der Waals surface area (Å²) in [6.45, 7) is 0. The van der Waals surface area contributed by atoms with Crippen molar-refractivity contribution in [2.24, 2.45) is 10.9 Å². The molecule has 2 aromatic carbocycles. The van der Waals surface area contributed by atoms with E-state index < -0.39 is 0 Å². The highest BCUT2D eigenvalue weighted by Crippen LogP contribution is 2.31. The normalized spacial score (nSPS) is 11.1. The molecule has 2 heterocycles. The van der Waals surface area contributed by atoms with E-state index in [2.05, 4.69) is 15.4 Å². The summed E-state index contributed by atoms with van der Waals surface area (Å²) in [5.41, 5.74) is 3.18. The average Bonchev–Trinajstić information content (AvgIpc) is 3.23. The van der Waals surface area contributed by atoms with Gasteiger partial charge in [0, 0.05) is 17.3 Å². The molecule has 0 bridgehead atoms. The van der Waals surface area contributed by atoms with Crippen LogP contribution in [0, 0.1) is 0 Å². The zero-order valence-corrected chi connectivity index (χ0v) is 14.3. The van der Waals surface area contributed by atoms with Gasteiger partial charge in [-0.15, -0.1) is 0 Å². The summed E-state index contributed by atoms with van der Waals surface area (Å²) in [6, 6.07) is 16.7. The lowest BCUT2D eigenvalue weighted by atomic mass is 9.95. The molecule has 0 saturated heterocycles. The smallest absolute Gasteiger partial charge is 0.256 e. The van der Waals surface area contributed by atoms with E-state index in [1.807, 2.05) is 42.5 Å². The third-order valence-electron chi connectivity index (χ3n) is 4.20. The number of carbonyl (C=O) groups is 1. The first-order valence-electron chi connectivity index (χ1n) is 8.30. The van der Waals surface area contributed by atoms with E-state index in [0.717, 1.165) is 27.5 Å². The van der Waals surface area contributed by atoms with Gasteiger partial charge in [-0.2, -0.15) is 5.10 Å². The van der Waals surface area contributed by atoms with Crippen LogP contribution in [0.5, 0.6) is 0 Å². The number of nitrogens with two attached hydrogens (primary N) is 1. The first-order valence-corrected chi connectivity index (χ1v) is 8.30. The number of amides is 1. The molecule has 3 N–H and O–H groups in total. The van der Waals surface area contributed by atoms with Crippen molar-refractivity contribution < 1.29 is 9.21 Å². The van der Waals surface area contributed by atoms with Gasteiger partial charge in [0.1, 0.15) is 5.82 Å². The zero-order valence-electron chi connectivity index (χ0n) is 14.3. The molecular weight excluding hydrogens is 340 g/mol. The number of nitrogens with one attached hydrogen (secondary N) is 1. The summed E-state index contributed by atoms with van der Waals surface area (Å²) in [7, 11) is 0. The highest BCUT2D eigenvalue weighted by atomic mass is 16.3. The second-order valence-corrected chi connectivity index (χ2v) is 5.96. The first-order chi connectivity index (χ1) is 13.2. The number of nitrogens with zero attached hydrogens (tertiary/aromatic N) is 2. The zero-order chi connectivity index (χ0) is 18.6. The predicted molar refractivity (Wildman–Crippen MR) is 106 cm³/mol. The van der Waals surface area contributed by atoms with Crippen molar-refractivity contribution in [2.75, 3.05) is 5.32 Å². The van der Waals surface area contributed by atoms with E-state index in [9.17, 15) is 4.79 Å². The predicted octanol–water partition coefficient (Wildman–Crippen LogP) is 4.04. The van der Waals surface area contributed by atoms with Crippen LogP contribution in [-0.2, 0) is 0 Å². The van der Waals surface area contributed by atoms with Crippen molar-refractivity contribution >= 4 is 28.7 Å².